The van der Waals surface area contributed by atoms with Crippen molar-refractivity contribution in [3.05, 3.63) is 35.4 Å². The summed E-state index contributed by atoms with van der Waals surface area (Å²) in [6, 6.07) is 9.98. The van der Waals surface area contributed by atoms with Gasteiger partial charge in [-0.25, -0.2) is 0 Å². The monoisotopic (exact) mass is 279 g/mol. The quantitative estimate of drug-likeness (QED) is 0.582. The molecule has 2 radical (unpaired) electrons. The van der Waals surface area contributed by atoms with Gasteiger partial charge in [0.1, 0.15) is 0 Å². The van der Waals surface area contributed by atoms with Crippen molar-refractivity contribution in [3.63, 3.8) is 0 Å². The predicted molar refractivity (Wildman–Crippen MR) is 82.5 cm³/mol. The van der Waals surface area contributed by atoms with Gasteiger partial charge in [-0.1, -0.05) is 29.8 Å². The van der Waals surface area contributed by atoms with Gasteiger partial charge in [0.05, 0.1) is 0 Å². The van der Waals surface area contributed by atoms with Gasteiger partial charge in [0, 0.05) is 6.54 Å². The van der Waals surface area contributed by atoms with E-state index in [0.717, 1.165) is 13.1 Å². The Bertz CT molecular complexity index is 338. The van der Waals surface area contributed by atoms with E-state index in [1.165, 1.54) is 23.6 Å². The first-order valence-corrected chi connectivity index (χ1v) is 11.2. The summed E-state index contributed by atoms with van der Waals surface area (Å²) in [7, 11) is -0.729. The number of nitrogens with one attached hydrogen (secondary N) is 1. The van der Waals surface area contributed by atoms with E-state index in [9.17, 15) is 0 Å². The Morgan fingerprint density at radius 1 is 1.22 bits per heavy atom. The van der Waals surface area contributed by atoms with Crippen LogP contribution in [0.3, 0.4) is 0 Å². The van der Waals surface area contributed by atoms with Gasteiger partial charge in [-0.2, -0.15) is 0 Å². The van der Waals surface area contributed by atoms with Gasteiger partial charge in [-0.3, -0.25) is 0 Å². The van der Waals surface area contributed by atoms with E-state index in [2.05, 4.69) is 56.1 Å². The Morgan fingerprint density at radius 3 is 2.50 bits per heavy atom. The summed E-state index contributed by atoms with van der Waals surface area (Å²) in [5.41, 5.74) is 2.69. The number of aryl methyl sites for hydroxylation is 1. The molecule has 18 heavy (non-hydrogen) atoms. The molecule has 0 heterocycles. The van der Waals surface area contributed by atoms with Gasteiger partial charge in [-0.05, 0) is 51.1 Å². The smallest absolute Gasteiger partial charge is 0.211 e. The van der Waals surface area contributed by atoms with Gasteiger partial charge in [0.25, 0.3) is 0 Å². The molecular weight excluding hydrogens is 254 g/mol. The fraction of sp³-hybridized carbons (Fsp3) is 0.571. The lowest BCUT2D eigenvalue weighted by Crippen LogP contribution is -2.32. The molecule has 1 aromatic carbocycles. The molecule has 0 aromatic heterocycles. The first-order valence-electron chi connectivity index (χ1n) is 6.64. The van der Waals surface area contributed by atoms with Crippen molar-refractivity contribution >= 4 is 18.1 Å². The average Bonchev–Trinajstić information content (AvgIpc) is 2.31. The van der Waals surface area contributed by atoms with Crippen LogP contribution in [0.5, 0.6) is 0 Å². The summed E-state index contributed by atoms with van der Waals surface area (Å²) in [6.45, 7) is 10.9. The lowest BCUT2D eigenvalue weighted by Gasteiger charge is -2.21. The van der Waals surface area contributed by atoms with Gasteiger partial charge < -0.3 is 9.43 Å². The highest BCUT2D eigenvalue weighted by Gasteiger charge is 2.20. The van der Waals surface area contributed by atoms with Crippen molar-refractivity contribution < 1.29 is 4.12 Å². The maximum Gasteiger partial charge on any atom is 0.211 e. The molecule has 1 N–H and O–H groups in total. The molecule has 0 saturated heterocycles. The third kappa shape index (κ3) is 6.49. The van der Waals surface area contributed by atoms with Crippen LogP contribution in [-0.4, -0.2) is 24.6 Å². The summed E-state index contributed by atoms with van der Waals surface area (Å²) < 4.78 is 5.85. The number of rotatable bonds is 8. The molecule has 0 saturated carbocycles. The van der Waals surface area contributed by atoms with E-state index < -0.39 is 8.32 Å². The normalized spacial score (nSPS) is 11.8. The highest BCUT2D eigenvalue weighted by Crippen LogP contribution is 2.12. The minimum atomic E-state index is -1.37. The second kappa shape index (κ2) is 7.89. The van der Waals surface area contributed by atoms with Crippen LogP contribution in [0.4, 0.5) is 0 Å². The van der Waals surface area contributed by atoms with E-state index >= 15 is 0 Å². The molecule has 0 atom stereocenters. The van der Waals surface area contributed by atoms with Crippen LogP contribution in [-0.2, 0) is 10.7 Å². The highest BCUT2D eigenvalue weighted by molar-refractivity contribution is 6.74. The average molecular weight is 280 g/mol. The lowest BCUT2D eigenvalue weighted by atomic mass is 10.1. The van der Waals surface area contributed by atoms with Gasteiger partial charge in [0.2, 0.25) is 9.76 Å². The molecule has 0 unspecified atom stereocenters. The Morgan fingerprint density at radius 2 is 1.89 bits per heavy atom. The van der Waals surface area contributed by atoms with Crippen LogP contribution >= 0.6 is 0 Å². The van der Waals surface area contributed by atoms with E-state index in [4.69, 9.17) is 4.12 Å². The topological polar surface area (TPSA) is 21.3 Å². The van der Waals surface area contributed by atoms with Crippen LogP contribution < -0.4 is 5.32 Å². The minimum Gasteiger partial charge on any atom is -0.456 e. The van der Waals surface area contributed by atoms with E-state index in [1.54, 1.807) is 0 Å². The summed E-state index contributed by atoms with van der Waals surface area (Å²) in [5.74, 6) is 0. The standard InChI is InChI=1S/C14H25NOSi2/c1-13-6-8-14(9-7-13)12-15-10-5-11-18(3,4)16-17-2/h6-9,15H,5,10-12H2,1-4H3. The zero-order valence-corrected chi connectivity index (χ0v) is 14.0. The number of hydrogen-bond acceptors (Lipinski definition) is 2. The number of hydrogen-bond donors (Lipinski definition) is 1. The zero-order valence-electron chi connectivity index (χ0n) is 12.0. The highest BCUT2D eigenvalue weighted by atomic mass is 28.4. The molecule has 0 aliphatic rings. The van der Waals surface area contributed by atoms with Crippen molar-refractivity contribution in [1.29, 1.82) is 0 Å². The van der Waals surface area contributed by atoms with E-state index in [0.29, 0.717) is 9.76 Å². The SMILES string of the molecule is C[Si]O[Si](C)(C)CCCNCc1ccc(C)cc1. The lowest BCUT2D eigenvalue weighted by molar-refractivity contribution is 0.576. The van der Waals surface area contributed by atoms with Crippen molar-refractivity contribution in [2.75, 3.05) is 6.54 Å². The second-order valence-corrected chi connectivity index (χ2v) is 10.6. The Hall–Kier alpha value is -0.426. The van der Waals surface area contributed by atoms with Crippen LogP contribution in [0.2, 0.25) is 25.7 Å². The summed E-state index contributed by atoms with van der Waals surface area (Å²) in [5, 5.41) is 3.50. The maximum atomic E-state index is 5.85. The van der Waals surface area contributed by atoms with Crippen molar-refractivity contribution in [3.8, 4) is 0 Å². The van der Waals surface area contributed by atoms with Gasteiger partial charge >= 0.3 is 0 Å². The molecule has 4 heteroatoms. The molecule has 0 bridgehead atoms. The van der Waals surface area contributed by atoms with Gasteiger partial charge in [-0.15, -0.1) is 0 Å². The van der Waals surface area contributed by atoms with Crippen molar-refractivity contribution in [2.24, 2.45) is 0 Å². The molecule has 0 aliphatic carbocycles. The fourth-order valence-corrected chi connectivity index (χ4v) is 5.55. The second-order valence-electron chi connectivity index (χ2n) is 5.33. The molecule has 0 fully saturated rings. The van der Waals surface area contributed by atoms with Crippen LogP contribution in [0, 0.1) is 6.92 Å². The van der Waals surface area contributed by atoms with Crippen molar-refractivity contribution in [2.45, 2.75) is 45.6 Å². The summed E-state index contributed by atoms with van der Waals surface area (Å²) >= 11 is 0. The molecule has 0 spiro atoms. The van der Waals surface area contributed by atoms with E-state index in [1.807, 2.05) is 0 Å². The maximum absolute atomic E-state index is 5.85. The zero-order chi connectivity index (χ0) is 13.4. The molecule has 0 aliphatic heterocycles. The first kappa shape index (κ1) is 15.6. The molecule has 2 nitrogen and oxygen atoms in total. The number of benzene rings is 1. The Labute approximate surface area is 115 Å². The molecule has 0 amide bonds. The van der Waals surface area contributed by atoms with E-state index in [-0.39, 0.29) is 0 Å². The van der Waals surface area contributed by atoms with Crippen molar-refractivity contribution in [1.82, 2.24) is 5.32 Å². The third-order valence-corrected chi connectivity index (χ3v) is 7.54. The minimum absolute atomic E-state index is 0.639. The third-order valence-electron chi connectivity index (χ3n) is 2.96. The van der Waals surface area contributed by atoms with Crippen LogP contribution in [0.25, 0.3) is 0 Å². The van der Waals surface area contributed by atoms with Crippen LogP contribution in [0.15, 0.2) is 24.3 Å². The molecule has 1 aromatic rings. The summed E-state index contributed by atoms with van der Waals surface area (Å²) in [6.07, 6.45) is 1.22. The predicted octanol–water partition coefficient (Wildman–Crippen LogP) is 3.36. The molecule has 1 rings (SSSR count). The fourth-order valence-electron chi connectivity index (χ4n) is 1.91. The summed E-state index contributed by atoms with van der Waals surface area (Å²) in [4.78, 5) is 0. The van der Waals surface area contributed by atoms with Crippen LogP contribution in [0.1, 0.15) is 17.5 Å². The largest absolute Gasteiger partial charge is 0.456 e. The Balaban J connectivity index is 2.14. The molecule has 100 valence electrons. The Kier molecular flexibility index (Phi) is 6.85. The molecular formula is C14H25NOSi2. The van der Waals surface area contributed by atoms with Gasteiger partial charge in [0.15, 0.2) is 8.32 Å². The first-order chi connectivity index (χ1) is 8.53.